The van der Waals surface area contributed by atoms with Crippen LogP contribution in [0.3, 0.4) is 0 Å². The number of carbonyl (C=O) groups excluding carboxylic acids is 1. The van der Waals surface area contributed by atoms with Crippen molar-refractivity contribution in [2.75, 3.05) is 13.2 Å². The molecule has 5 heteroatoms. The second-order valence-corrected chi connectivity index (χ2v) is 4.71. The molecule has 19 heavy (non-hydrogen) atoms. The first-order valence-electron chi connectivity index (χ1n) is 6.32. The van der Waals surface area contributed by atoms with Crippen molar-refractivity contribution in [2.45, 2.75) is 19.3 Å². The van der Waals surface area contributed by atoms with Gasteiger partial charge in [0.1, 0.15) is 5.75 Å². The summed E-state index contributed by atoms with van der Waals surface area (Å²) in [7, 11) is 0. The van der Waals surface area contributed by atoms with Gasteiger partial charge in [-0.25, -0.2) is 0 Å². The maximum absolute atomic E-state index is 12.1. The van der Waals surface area contributed by atoms with Crippen LogP contribution in [0.4, 0.5) is 0 Å². The van der Waals surface area contributed by atoms with Gasteiger partial charge in [0.15, 0.2) is 0 Å². The molecular weight excluding hydrogens is 246 g/mol. The Hall–Kier alpha value is -2.04. The van der Waals surface area contributed by atoms with Crippen LogP contribution in [-0.2, 0) is 9.59 Å². The fraction of sp³-hybridized carbons (Fsp3) is 0.429. The molecular formula is C14H17NO4. The fourth-order valence-electron chi connectivity index (χ4n) is 2.08. The van der Waals surface area contributed by atoms with Gasteiger partial charge in [-0.1, -0.05) is 25.1 Å². The van der Waals surface area contributed by atoms with Crippen molar-refractivity contribution in [3.8, 4) is 5.75 Å². The second-order valence-electron chi connectivity index (χ2n) is 4.71. The summed E-state index contributed by atoms with van der Waals surface area (Å²) in [5.74, 6) is -1.15. The Morgan fingerprint density at radius 1 is 1.47 bits per heavy atom. The van der Waals surface area contributed by atoms with E-state index in [4.69, 9.17) is 9.84 Å². The van der Waals surface area contributed by atoms with E-state index in [0.29, 0.717) is 13.0 Å². The highest BCUT2D eigenvalue weighted by atomic mass is 16.5. The minimum absolute atomic E-state index is 0.135. The van der Waals surface area contributed by atoms with Crippen LogP contribution in [0.2, 0.25) is 0 Å². The summed E-state index contributed by atoms with van der Waals surface area (Å²) in [5.41, 5.74) is 0.870. The van der Waals surface area contributed by atoms with Crippen molar-refractivity contribution in [1.29, 1.82) is 0 Å². The summed E-state index contributed by atoms with van der Waals surface area (Å²) >= 11 is 0. The van der Waals surface area contributed by atoms with E-state index in [2.05, 4.69) is 5.32 Å². The van der Waals surface area contributed by atoms with Crippen LogP contribution < -0.4 is 10.1 Å². The smallest absolute Gasteiger partial charge is 0.308 e. The van der Waals surface area contributed by atoms with Crippen molar-refractivity contribution >= 4 is 11.9 Å². The van der Waals surface area contributed by atoms with Crippen molar-refractivity contribution in [2.24, 2.45) is 5.92 Å². The number of amides is 1. The molecule has 1 heterocycles. The SMILES string of the molecule is C[C@H](CNC(=O)[C@@H]1CCOc2ccccc21)C(=O)O. The number of carboxylic acid groups (broad SMARTS) is 1. The Morgan fingerprint density at radius 3 is 2.95 bits per heavy atom. The standard InChI is InChI=1S/C14H17NO4/c1-9(14(17)18)8-15-13(16)11-6-7-19-12-5-3-2-4-10(11)12/h2-5,9,11H,6-8H2,1H3,(H,15,16)(H,17,18)/t9-,11-/m1/s1. The highest BCUT2D eigenvalue weighted by molar-refractivity contribution is 5.85. The second kappa shape index (κ2) is 5.73. The number of hydrogen-bond acceptors (Lipinski definition) is 3. The van der Waals surface area contributed by atoms with E-state index in [1.807, 2.05) is 24.3 Å². The first kappa shape index (κ1) is 13.4. The van der Waals surface area contributed by atoms with Crippen molar-refractivity contribution < 1.29 is 19.4 Å². The molecule has 1 aliphatic heterocycles. The maximum Gasteiger partial charge on any atom is 0.308 e. The van der Waals surface area contributed by atoms with Gasteiger partial charge in [-0.15, -0.1) is 0 Å². The number of para-hydroxylation sites is 1. The first-order chi connectivity index (χ1) is 9.09. The van der Waals surface area contributed by atoms with Gasteiger partial charge in [-0.3, -0.25) is 9.59 Å². The van der Waals surface area contributed by atoms with Crippen molar-refractivity contribution in [3.63, 3.8) is 0 Å². The van der Waals surface area contributed by atoms with Gasteiger partial charge in [-0.05, 0) is 12.5 Å². The van der Waals surface area contributed by atoms with Crippen LogP contribution in [0.25, 0.3) is 0 Å². The van der Waals surface area contributed by atoms with Crippen molar-refractivity contribution in [3.05, 3.63) is 29.8 Å². The number of carboxylic acids is 1. The molecule has 1 amide bonds. The van der Waals surface area contributed by atoms with E-state index >= 15 is 0 Å². The average molecular weight is 263 g/mol. The predicted molar refractivity (Wildman–Crippen MR) is 69.1 cm³/mol. The summed E-state index contributed by atoms with van der Waals surface area (Å²) in [6.07, 6.45) is 0.615. The average Bonchev–Trinajstić information content (AvgIpc) is 2.43. The number of hydrogen-bond donors (Lipinski definition) is 2. The van der Waals surface area contributed by atoms with Crippen LogP contribution in [0.5, 0.6) is 5.75 Å². The fourth-order valence-corrected chi connectivity index (χ4v) is 2.08. The van der Waals surface area contributed by atoms with Gasteiger partial charge in [-0.2, -0.15) is 0 Å². The molecule has 0 fully saturated rings. The van der Waals surface area contributed by atoms with E-state index in [9.17, 15) is 9.59 Å². The molecule has 0 spiro atoms. The van der Waals surface area contributed by atoms with E-state index in [1.54, 1.807) is 6.92 Å². The molecule has 0 saturated carbocycles. The lowest BCUT2D eigenvalue weighted by Gasteiger charge is -2.25. The third-order valence-corrected chi connectivity index (χ3v) is 3.28. The minimum Gasteiger partial charge on any atom is -0.493 e. The van der Waals surface area contributed by atoms with Crippen LogP contribution in [0.1, 0.15) is 24.8 Å². The molecule has 2 rings (SSSR count). The van der Waals surface area contributed by atoms with Gasteiger partial charge < -0.3 is 15.2 Å². The molecule has 5 nitrogen and oxygen atoms in total. The number of nitrogens with one attached hydrogen (secondary N) is 1. The summed E-state index contributed by atoms with van der Waals surface area (Å²) in [6, 6.07) is 7.45. The number of rotatable bonds is 4. The molecule has 0 aromatic heterocycles. The Bertz CT molecular complexity index is 486. The van der Waals surface area contributed by atoms with Crippen LogP contribution in [0, 0.1) is 5.92 Å². The molecule has 2 N–H and O–H groups in total. The number of carbonyl (C=O) groups is 2. The monoisotopic (exact) mass is 263 g/mol. The molecule has 1 aliphatic rings. The van der Waals surface area contributed by atoms with Crippen LogP contribution >= 0.6 is 0 Å². The zero-order valence-electron chi connectivity index (χ0n) is 10.8. The van der Waals surface area contributed by atoms with Crippen LogP contribution in [-0.4, -0.2) is 30.1 Å². The normalized spacial score (nSPS) is 18.9. The lowest BCUT2D eigenvalue weighted by atomic mass is 9.92. The number of aliphatic carboxylic acids is 1. The highest BCUT2D eigenvalue weighted by Gasteiger charge is 2.27. The topological polar surface area (TPSA) is 75.6 Å². The zero-order chi connectivity index (χ0) is 13.8. The van der Waals surface area contributed by atoms with Gasteiger partial charge in [0.2, 0.25) is 5.91 Å². The molecule has 0 radical (unpaired) electrons. The lowest BCUT2D eigenvalue weighted by molar-refractivity contribution is -0.141. The summed E-state index contributed by atoms with van der Waals surface area (Å²) in [5, 5.41) is 11.5. The molecule has 2 atom stereocenters. The molecule has 0 saturated heterocycles. The number of fused-ring (bicyclic) bond motifs is 1. The summed E-state index contributed by atoms with van der Waals surface area (Å²) in [6.45, 7) is 2.22. The summed E-state index contributed by atoms with van der Waals surface area (Å²) < 4.78 is 5.49. The predicted octanol–water partition coefficient (Wildman–Crippen LogP) is 1.39. The molecule has 102 valence electrons. The molecule has 0 unspecified atom stereocenters. The van der Waals surface area contributed by atoms with Gasteiger partial charge in [0.05, 0.1) is 18.4 Å². The van der Waals surface area contributed by atoms with Gasteiger partial charge in [0, 0.05) is 12.1 Å². The van der Waals surface area contributed by atoms with E-state index < -0.39 is 11.9 Å². The Morgan fingerprint density at radius 2 is 2.21 bits per heavy atom. The van der Waals surface area contributed by atoms with E-state index in [0.717, 1.165) is 11.3 Å². The van der Waals surface area contributed by atoms with Gasteiger partial charge >= 0.3 is 5.97 Å². The first-order valence-corrected chi connectivity index (χ1v) is 6.32. The Labute approximate surface area is 111 Å². The van der Waals surface area contributed by atoms with E-state index in [1.165, 1.54) is 0 Å². The maximum atomic E-state index is 12.1. The number of benzene rings is 1. The number of ether oxygens (including phenoxy) is 1. The third-order valence-electron chi connectivity index (χ3n) is 3.28. The summed E-state index contributed by atoms with van der Waals surface area (Å²) in [4.78, 5) is 22.8. The molecule has 1 aromatic rings. The minimum atomic E-state index is -0.910. The molecule has 0 bridgehead atoms. The van der Waals surface area contributed by atoms with Crippen molar-refractivity contribution in [1.82, 2.24) is 5.32 Å². The lowest BCUT2D eigenvalue weighted by Crippen LogP contribution is -2.36. The van der Waals surface area contributed by atoms with E-state index in [-0.39, 0.29) is 18.4 Å². The highest BCUT2D eigenvalue weighted by Crippen LogP contribution is 2.33. The Kier molecular flexibility index (Phi) is 4.04. The van der Waals surface area contributed by atoms with Gasteiger partial charge in [0.25, 0.3) is 0 Å². The zero-order valence-corrected chi connectivity index (χ0v) is 10.8. The largest absolute Gasteiger partial charge is 0.493 e. The molecule has 1 aromatic carbocycles. The quantitative estimate of drug-likeness (QED) is 0.860. The Balaban J connectivity index is 2.03. The third kappa shape index (κ3) is 3.05. The van der Waals surface area contributed by atoms with Crippen LogP contribution in [0.15, 0.2) is 24.3 Å². The molecule has 0 aliphatic carbocycles.